The number of epoxide rings is 1. The lowest BCUT2D eigenvalue weighted by Crippen LogP contribution is -2.46. The standard InChI is InChI=1S/C45H87NO5/c1-4-7-10-13-16-19-27-39-49-45-43(51-45)34-26-25-29-40-30-28-36-46(37-38-47)42(40)33-23-20-24-35-44(48)50-41(31-21-17-14-11-8-5-2)32-22-18-15-12-9-6-3/h40-43,45,47H,4-39H2,1-3H3. The van der Waals surface area contributed by atoms with Crippen molar-refractivity contribution in [1.82, 2.24) is 4.90 Å². The van der Waals surface area contributed by atoms with Crippen LogP contribution in [0.3, 0.4) is 0 Å². The van der Waals surface area contributed by atoms with Crippen LogP contribution in [0.5, 0.6) is 0 Å². The third-order valence-corrected chi connectivity index (χ3v) is 11.7. The number of esters is 1. The van der Waals surface area contributed by atoms with Gasteiger partial charge in [-0.25, -0.2) is 0 Å². The Morgan fingerprint density at radius 2 is 1.24 bits per heavy atom. The summed E-state index contributed by atoms with van der Waals surface area (Å²) < 4.78 is 17.9. The van der Waals surface area contributed by atoms with E-state index in [1.165, 1.54) is 154 Å². The minimum absolute atomic E-state index is 0.0273. The number of aliphatic hydroxyl groups is 1. The van der Waals surface area contributed by atoms with Crippen LogP contribution in [-0.2, 0) is 19.0 Å². The third kappa shape index (κ3) is 24.4. The number of unbranched alkanes of at least 4 members (excludes halogenated alkanes) is 19. The molecular formula is C45H87NO5. The van der Waals surface area contributed by atoms with Crippen molar-refractivity contribution in [3.63, 3.8) is 0 Å². The first-order valence-corrected chi connectivity index (χ1v) is 22.9. The Morgan fingerprint density at radius 3 is 1.86 bits per heavy atom. The summed E-state index contributed by atoms with van der Waals surface area (Å²) in [6, 6.07) is 0.562. The summed E-state index contributed by atoms with van der Waals surface area (Å²) in [6.45, 7) is 9.80. The predicted octanol–water partition coefficient (Wildman–Crippen LogP) is 12.5. The summed E-state index contributed by atoms with van der Waals surface area (Å²) in [5.74, 6) is 0.740. The highest BCUT2D eigenvalue weighted by Gasteiger charge is 2.39. The molecule has 6 heteroatoms. The molecule has 0 saturated carbocycles. The van der Waals surface area contributed by atoms with Gasteiger partial charge in [0.15, 0.2) is 6.29 Å². The van der Waals surface area contributed by atoms with Gasteiger partial charge in [0.05, 0.1) is 6.61 Å². The van der Waals surface area contributed by atoms with Gasteiger partial charge in [0.1, 0.15) is 12.2 Å². The molecule has 0 amide bonds. The fraction of sp³-hybridized carbons (Fsp3) is 0.978. The zero-order valence-corrected chi connectivity index (χ0v) is 34.4. The Labute approximate surface area is 317 Å². The number of rotatable bonds is 37. The van der Waals surface area contributed by atoms with Crippen molar-refractivity contribution in [1.29, 1.82) is 0 Å². The molecule has 0 aromatic carbocycles. The molecule has 2 aliphatic heterocycles. The minimum atomic E-state index is 0.0273. The summed E-state index contributed by atoms with van der Waals surface area (Å²) in [4.78, 5) is 15.5. The van der Waals surface area contributed by atoms with E-state index in [1.54, 1.807) is 0 Å². The molecule has 4 unspecified atom stereocenters. The number of hydrogen-bond acceptors (Lipinski definition) is 6. The van der Waals surface area contributed by atoms with Crippen molar-refractivity contribution < 1.29 is 24.1 Å². The van der Waals surface area contributed by atoms with Crippen LogP contribution in [0.4, 0.5) is 0 Å². The average Bonchev–Trinajstić information content (AvgIpc) is 3.89. The molecule has 0 bridgehead atoms. The number of piperidine rings is 1. The van der Waals surface area contributed by atoms with E-state index in [0.717, 1.165) is 64.6 Å². The Bertz CT molecular complexity index is 762. The minimum Gasteiger partial charge on any atom is -0.462 e. The van der Waals surface area contributed by atoms with Crippen molar-refractivity contribution in [2.45, 2.75) is 251 Å². The Hall–Kier alpha value is -0.690. The number of ether oxygens (including phenoxy) is 3. The van der Waals surface area contributed by atoms with E-state index in [4.69, 9.17) is 14.2 Å². The molecule has 2 heterocycles. The normalized spacial score (nSPS) is 20.7. The van der Waals surface area contributed by atoms with Crippen LogP contribution in [-0.4, -0.2) is 66.8 Å². The lowest BCUT2D eigenvalue weighted by Gasteiger charge is -2.41. The van der Waals surface area contributed by atoms with Crippen molar-refractivity contribution in [3.8, 4) is 0 Å². The molecule has 0 aromatic heterocycles. The van der Waals surface area contributed by atoms with E-state index in [0.29, 0.717) is 24.5 Å². The quantitative estimate of drug-likeness (QED) is 0.0391. The number of β-amino-alcohol motifs (C(OH)–C–C–N with tert-alkyl or cyclic N) is 1. The topological polar surface area (TPSA) is 71.5 Å². The highest BCUT2D eigenvalue weighted by Crippen LogP contribution is 2.33. The molecule has 4 atom stereocenters. The van der Waals surface area contributed by atoms with Crippen molar-refractivity contribution in [2.75, 3.05) is 26.3 Å². The molecule has 6 nitrogen and oxygen atoms in total. The first-order chi connectivity index (χ1) is 25.1. The van der Waals surface area contributed by atoms with Crippen LogP contribution in [0.15, 0.2) is 0 Å². The van der Waals surface area contributed by atoms with Crippen LogP contribution < -0.4 is 0 Å². The van der Waals surface area contributed by atoms with E-state index >= 15 is 0 Å². The van der Waals surface area contributed by atoms with Gasteiger partial charge in [-0.2, -0.15) is 0 Å². The summed E-state index contributed by atoms with van der Waals surface area (Å²) in [5.41, 5.74) is 0. The predicted molar refractivity (Wildman–Crippen MR) is 215 cm³/mol. The van der Waals surface area contributed by atoms with E-state index < -0.39 is 0 Å². The first-order valence-electron chi connectivity index (χ1n) is 22.9. The smallest absolute Gasteiger partial charge is 0.306 e. The van der Waals surface area contributed by atoms with Gasteiger partial charge in [0.2, 0.25) is 0 Å². The van der Waals surface area contributed by atoms with Gasteiger partial charge in [0, 0.05) is 25.6 Å². The summed E-state index contributed by atoms with van der Waals surface area (Å²) >= 11 is 0. The summed E-state index contributed by atoms with van der Waals surface area (Å²) in [5, 5.41) is 9.79. The van der Waals surface area contributed by atoms with Gasteiger partial charge >= 0.3 is 5.97 Å². The van der Waals surface area contributed by atoms with Crippen molar-refractivity contribution in [3.05, 3.63) is 0 Å². The van der Waals surface area contributed by atoms with Crippen LogP contribution in [0.25, 0.3) is 0 Å². The van der Waals surface area contributed by atoms with Gasteiger partial charge in [-0.3, -0.25) is 9.69 Å². The molecule has 1 N–H and O–H groups in total. The van der Waals surface area contributed by atoms with Crippen LogP contribution in [0.1, 0.15) is 226 Å². The highest BCUT2D eigenvalue weighted by atomic mass is 16.8. The molecule has 2 saturated heterocycles. The monoisotopic (exact) mass is 722 g/mol. The van der Waals surface area contributed by atoms with Crippen molar-refractivity contribution in [2.24, 2.45) is 5.92 Å². The molecule has 302 valence electrons. The molecule has 51 heavy (non-hydrogen) atoms. The summed E-state index contributed by atoms with van der Waals surface area (Å²) in [6.07, 6.45) is 39.5. The second kappa shape index (κ2) is 32.7. The lowest BCUT2D eigenvalue weighted by molar-refractivity contribution is -0.150. The molecule has 0 aliphatic carbocycles. The van der Waals surface area contributed by atoms with Crippen molar-refractivity contribution >= 4 is 5.97 Å². The largest absolute Gasteiger partial charge is 0.462 e. The molecule has 0 radical (unpaired) electrons. The highest BCUT2D eigenvalue weighted by molar-refractivity contribution is 5.69. The maximum absolute atomic E-state index is 12.9. The van der Waals surface area contributed by atoms with Crippen LogP contribution >= 0.6 is 0 Å². The second-order valence-electron chi connectivity index (χ2n) is 16.4. The zero-order valence-electron chi connectivity index (χ0n) is 34.4. The van der Waals surface area contributed by atoms with Gasteiger partial charge in [-0.1, -0.05) is 149 Å². The Balaban J connectivity index is 1.63. The van der Waals surface area contributed by atoms with E-state index in [-0.39, 0.29) is 25.0 Å². The van der Waals surface area contributed by atoms with Gasteiger partial charge < -0.3 is 19.3 Å². The second-order valence-corrected chi connectivity index (χ2v) is 16.4. The molecule has 2 aliphatic rings. The Morgan fingerprint density at radius 1 is 0.686 bits per heavy atom. The van der Waals surface area contributed by atoms with Crippen LogP contribution in [0, 0.1) is 5.92 Å². The van der Waals surface area contributed by atoms with Crippen LogP contribution in [0.2, 0.25) is 0 Å². The van der Waals surface area contributed by atoms with E-state index in [1.807, 2.05) is 0 Å². The molecular weight excluding hydrogens is 634 g/mol. The number of nitrogens with zero attached hydrogens (tertiary/aromatic N) is 1. The maximum Gasteiger partial charge on any atom is 0.306 e. The summed E-state index contributed by atoms with van der Waals surface area (Å²) in [7, 11) is 0. The number of hydrogen-bond donors (Lipinski definition) is 1. The first kappa shape index (κ1) is 46.5. The molecule has 0 spiro atoms. The SMILES string of the molecule is CCCCCCCCCOC1OC1CCCCC1CCCN(CCO)C1CCCCCC(=O)OC(CCCCCCCC)CCCCCCCC. The average molecular weight is 722 g/mol. The van der Waals surface area contributed by atoms with Gasteiger partial charge in [0.25, 0.3) is 0 Å². The molecule has 0 aromatic rings. The third-order valence-electron chi connectivity index (χ3n) is 11.7. The maximum atomic E-state index is 12.9. The number of carbonyl (C=O) groups is 1. The van der Waals surface area contributed by atoms with Gasteiger partial charge in [-0.15, -0.1) is 0 Å². The number of carbonyl (C=O) groups excluding carboxylic acids is 1. The number of likely N-dealkylation sites (tertiary alicyclic amines) is 1. The van der Waals surface area contributed by atoms with E-state index in [9.17, 15) is 9.90 Å². The fourth-order valence-electron chi connectivity index (χ4n) is 8.47. The Kier molecular flexibility index (Phi) is 29.8. The zero-order chi connectivity index (χ0) is 36.6. The lowest BCUT2D eigenvalue weighted by atomic mass is 9.82. The molecule has 2 rings (SSSR count). The fourth-order valence-corrected chi connectivity index (χ4v) is 8.47. The molecule has 2 fully saturated rings. The number of aliphatic hydroxyl groups excluding tert-OH is 1. The van der Waals surface area contributed by atoms with E-state index in [2.05, 4.69) is 25.7 Å². The van der Waals surface area contributed by atoms with Gasteiger partial charge in [-0.05, 0) is 83.1 Å².